The second kappa shape index (κ2) is 8.08. The maximum Gasteiger partial charge on any atom is 0.404 e. The van der Waals surface area contributed by atoms with Gasteiger partial charge in [-0.25, -0.2) is 0 Å². The van der Waals surface area contributed by atoms with E-state index in [0.717, 1.165) is 17.7 Å². The number of halogens is 6. The number of alkyl halides is 6. The molecule has 0 unspecified atom stereocenters. The van der Waals surface area contributed by atoms with Gasteiger partial charge in [0.05, 0.1) is 6.42 Å². The molecule has 0 aromatic heterocycles. The third-order valence-corrected chi connectivity index (χ3v) is 4.96. The van der Waals surface area contributed by atoms with Crippen molar-refractivity contribution >= 4 is 11.6 Å². The number of hydrogen-bond acceptors (Lipinski definition) is 1. The van der Waals surface area contributed by atoms with Gasteiger partial charge in [0, 0.05) is 12.2 Å². The first-order chi connectivity index (χ1) is 13.6. The summed E-state index contributed by atoms with van der Waals surface area (Å²) in [6.45, 7) is 0.375. The van der Waals surface area contributed by atoms with Crippen molar-refractivity contribution in [2.75, 3.05) is 11.4 Å². The van der Waals surface area contributed by atoms with Crippen molar-refractivity contribution in [1.29, 1.82) is 0 Å². The first-order valence-corrected chi connectivity index (χ1v) is 9.18. The van der Waals surface area contributed by atoms with E-state index >= 15 is 0 Å². The number of hydrogen-bond donors (Lipinski definition) is 0. The number of carbonyl (C=O) groups excluding carboxylic acids is 1. The predicted molar refractivity (Wildman–Crippen MR) is 96.7 cm³/mol. The van der Waals surface area contributed by atoms with E-state index in [4.69, 9.17) is 0 Å². The van der Waals surface area contributed by atoms with Gasteiger partial charge in [-0.15, -0.1) is 0 Å². The van der Waals surface area contributed by atoms with Crippen LogP contribution in [0.3, 0.4) is 0 Å². The summed E-state index contributed by atoms with van der Waals surface area (Å²) < 4.78 is 78.5. The van der Waals surface area contributed by atoms with E-state index < -0.39 is 23.8 Å². The van der Waals surface area contributed by atoms with Gasteiger partial charge >= 0.3 is 12.4 Å². The normalized spacial score (nSPS) is 15.2. The monoisotopic (exact) mass is 415 g/mol. The van der Waals surface area contributed by atoms with E-state index in [0.29, 0.717) is 37.1 Å². The Labute approximate surface area is 164 Å². The first kappa shape index (κ1) is 21.2. The third-order valence-electron chi connectivity index (χ3n) is 4.96. The van der Waals surface area contributed by atoms with Crippen LogP contribution in [-0.2, 0) is 17.6 Å². The Morgan fingerprint density at radius 3 is 2.21 bits per heavy atom. The standard InChI is InChI=1S/C21H19F6NO/c22-20(23,24)19(21(25,26)27)16-9-10-17-15(13-16)8-4-5-11-28(17)18(29)12-14-6-2-1-3-7-14/h1-3,6-7,9-10,13,19H,4-5,8,11-12H2. The molecule has 1 aliphatic rings. The molecule has 0 atom stereocenters. The molecule has 1 heterocycles. The van der Waals surface area contributed by atoms with E-state index in [1.165, 1.54) is 11.0 Å². The lowest BCUT2D eigenvalue weighted by Crippen LogP contribution is -2.35. The zero-order valence-electron chi connectivity index (χ0n) is 15.4. The van der Waals surface area contributed by atoms with Crippen molar-refractivity contribution in [3.05, 3.63) is 65.2 Å². The number of rotatable bonds is 3. The molecule has 0 radical (unpaired) electrons. The summed E-state index contributed by atoms with van der Waals surface area (Å²) in [4.78, 5) is 14.3. The lowest BCUT2D eigenvalue weighted by molar-refractivity contribution is -0.253. The fraction of sp³-hybridized carbons (Fsp3) is 0.381. The molecule has 156 valence electrons. The van der Waals surface area contributed by atoms with Gasteiger partial charge in [0.25, 0.3) is 0 Å². The molecule has 1 aliphatic heterocycles. The van der Waals surface area contributed by atoms with Crippen LogP contribution in [0.5, 0.6) is 0 Å². The number of aryl methyl sites for hydroxylation is 1. The van der Waals surface area contributed by atoms with Crippen LogP contribution >= 0.6 is 0 Å². The van der Waals surface area contributed by atoms with E-state index in [1.807, 2.05) is 6.07 Å². The molecule has 2 nitrogen and oxygen atoms in total. The summed E-state index contributed by atoms with van der Waals surface area (Å²) in [7, 11) is 0. The average molecular weight is 415 g/mol. The Kier molecular flexibility index (Phi) is 5.91. The molecule has 0 saturated carbocycles. The summed E-state index contributed by atoms with van der Waals surface area (Å²) in [5.74, 6) is -3.78. The Bertz CT molecular complexity index is 846. The molecule has 8 heteroatoms. The molecule has 2 aromatic rings. The quantitative estimate of drug-likeness (QED) is 0.580. The summed E-state index contributed by atoms with van der Waals surface area (Å²) in [6.07, 6.45) is -9.27. The molecular weight excluding hydrogens is 396 g/mol. The van der Waals surface area contributed by atoms with Crippen LogP contribution in [0.15, 0.2) is 48.5 Å². The topological polar surface area (TPSA) is 20.3 Å². The van der Waals surface area contributed by atoms with Gasteiger partial charge in [0.15, 0.2) is 5.92 Å². The van der Waals surface area contributed by atoms with Crippen molar-refractivity contribution in [2.45, 2.75) is 44.0 Å². The van der Waals surface area contributed by atoms with Gasteiger partial charge < -0.3 is 4.90 Å². The van der Waals surface area contributed by atoms with Gasteiger partial charge in [-0.05, 0) is 42.0 Å². The first-order valence-electron chi connectivity index (χ1n) is 9.18. The minimum atomic E-state index is -5.44. The molecule has 29 heavy (non-hydrogen) atoms. The highest BCUT2D eigenvalue weighted by molar-refractivity contribution is 5.95. The Morgan fingerprint density at radius 2 is 1.59 bits per heavy atom. The number of nitrogens with zero attached hydrogens (tertiary/aromatic N) is 1. The summed E-state index contributed by atoms with van der Waals surface area (Å²) in [5.41, 5.74) is 0.658. The highest BCUT2D eigenvalue weighted by Crippen LogP contribution is 2.47. The van der Waals surface area contributed by atoms with Crippen molar-refractivity contribution in [3.63, 3.8) is 0 Å². The average Bonchev–Trinajstić information content (AvgIpc) is 2.82. The van der Waals surface area contributed by atoms with Crippen molar-refractivity contribution in [2.24, 2.45) is 0 Å². The Balaban J connectivity index is 1.94. The van der Waals surface area contributed by atoms with Crippen LogP contribution < -0.4 is 4.90 Å². The van der Waals surface area contributed by atoms with Crippen LogP contribution in [0.2, 0.25) is 0 Å². The molecule has 0 N–H and O–H groups in total. The van der Waals surface area contributed by atoms with E-state index in [-0.39, 0.29) is 12.3 Å². The summed E-state index contributed by atoms with van der Waals surface area (Å²) in [6, 6.07) is 12.0. The molecule has 0 saturated heterocycles. The number of benzene rings is 2. The molecule has 1 amide bonds. The van der Waals surface area contributed by atoms with Gasteiger partial charge in [0.1, 0.15) is 0 Å². The predicted octanol–water partition coefficient (Wildman–Crippen LogP) is 5.81. The molecule has 2 aromatic carbocycles. The molecule has 0 bridgehead atoms. The van der Waals surface area contributed by atoms with E-state index in [1.54, 1.807) is 24.3 Å². The minimum absolute atomic E-state index is 0.107. The van der Waals surface area contributed by atoms with Crippen molar-refractivity contribution in [3.8, 4) is 0 Å². The maximum absolute atomic E-state index is 13.1. The fourth-order valence-corrected chi connectivity index (χ4v) is 3.64. The second-order valence-corrected chi connectivity index (χ2v) is 7.07. The zero-order chi connectivity index (χ0) is 21.2. The number of fused-ring (bicyclic) bond motifs is 1. The van der Waals surface area contributed by atoms with Gasteiger partial charge in [-0.3, -0.25) is 4.79 Å². The molecule has 0 aliphatic carbocycles. The lowest BCUT2D eigenvalue weighted by atomic mass is 9.94. The number of amides is 1. The lowest BCUT2D eigenvalue weighted by Gasteiger charge is -2.26. The van der Waals surface area contributed by atoms with Crippen LogP contribution in [0.1, 0.15) is 35.4 Å². The SMILES string of the molecule is O=C(Cc1ccccc1)N1CCCCc2cc(C(C(F)(F)F)C(F)(F)F)ccc21. The van der Waals surface area contributed by atoms with Crippen LogP contribution in [0, 0.1) is 0 Å². The van der Waals surface area contributed by atoms with Gasteiger partial charge in [-0.2, -0.15) is 26.3 Å². The highest BCUT2D eigenvalue weighted by atomic mass is 19.4. The fourth-order valence-electron chi connectivity index (χ4n) is 3.64. The van der Waals surface area contributed by atoms with Gasteiger partial charge in [-0.1, -0.05) is 42.5 Å². The Hall–Kier alpha value is -2.51. The maximum atomic E-state index is 13.1. The smallest absolute Gasteiger partial charge is 0.312 e. The summed E-state index contributed by atoms with van der Waals surface area (Å²) in [5, 5.41) is 0. The second-order valence-electron chi connectivity index (χ2n) is 7.07. The van der Waals surface area contributed by atoms with Crippen molar-refractivity contribution in [1.82, 2.24) is 0 Å². The van der Waals surface area contributed by atoms with E-state index in [9.17, 15) is 31.1 Å². The van der Waals surface area contributed by atoms with Crippen LogP contribution in [0.25, 0.3) is 0 Å². The number of carbonyl (C=O) groups is 1. The Morgan fingerprint density at radius 1 is 0.931 bits per heavy atom. The molecule has 3 rings (SSSR count). The molecular formula is C21H19F6NO. The minimum Gasteiger partial charge on any atom is -0.312 e. The van der Waals surface area contributed by atoms with Crippen LogP contribution in [-0.4, -0.2) is 24.8 Å². The van der Waals surface area contributed by atoms with Crippen LogP contribution in [0.4, 0.5) is 32.0 Å². The van der Waals surface area contributed by atoms with E-state index in [2.05, 4.69) is 0 Å². The number of anilines is 1. The largest absolute Gasteiger partial charge is 0.404 e. The van der Waals surface area contributed by atoms with Crippen molar-refractivity contribution < 1.29 is 31.1 Å². The zero-order valence-corrected chi connectivity index (χ0v) is 15.4. The highest BCUT2D eigenvalue weighted by Gasteiger charge is 2.57. The molecule has 0 spiro atoms. The third kappa shape index (κ3) is 4.92. The summed E-state index contributed by atoms with van der Waals surface area (Å²) >= 11 is 0. The van der Waals surface area contributed by atoms with Gasteiger partial charge in [0.2, 0.25) is 5.91 Å². The molecule has 0 fully saturated rings.